The van der Waals surface area contributed by atoms with Gasteiger partial charge in [0.25, 0.3) is 0 Å². The zero-order valence-electron chi connectivity index (χ0n) is 9.55. The molecule has 0 bridgehead atoms. The third-order valence-electron chi connectivity index (χ3n) is 3.90. The van der Waals surface area contributed by atoms with Gasteiger partial charge in [-0.1, -0.05) is 32.0 Å². The lowest BCUT2D eigenvalue weighted by molar-refractivity contribution is 0.0728. The van der Waals surface area contributed by atoms with E-state index in [1.54, 1.807) is 12.1 Å². The summed E-state index contributed by atoms with van der Waals surface area (Å²) in [4.78, 5) is 0. The Hall–Kier alpha value is -0.890. The number of benzene rings is 1. The molecular formula is C13H18FN. The van der Waals surface area contributed by atoms with Crippen LogP contribution in [0.3, 0.4) is 0 Å². The van der Waals surface area contributed by atoms with E-state index in [0.717, 1.165) is 12.0 Å². The van der Waals surface area contributed by atoms with E-state index in [2.05, 4.69) is 19.2 Å². The molecule has 0 spiro atoms. The van der Waals surface area contributed by atoms with Crippen molar-refractivity contribution in [1.82, 2.24) is 5.32 Å². The summed E-state index contributed by atoms with van der Waals surface area (Å²) >= 11 is 0. The lowest BCUT2D eigenvalue weighted by Crippen LogP contribution is -2.54. The van der Waals surface area contributed by atoms with Gasteiger partial charge in [0.2, 0.25) is 0 Å². The van der Waals surface area contributed by atoms with Crippen molar-refractivity contribution in [2.45, 2.75) is 32.2 Å². The average Bonchev–Trinajstić information content (AvgIpc) is 2.20. The average molecular weight is 207 g/mol. The predicted molar refractivity (Wildman–Crippen MR) is 60.4 cm³/mol. The van der Waals surface area contributed by atoms with Crippen molar-refractivity contribution in [1.29, 1.82) is 0 Å². The van der Waals surface area contributed by atoms with Crippen LogP contribution in [-0.4, -0.2) is 13.1 Å². The minimum absolute atomic E-state index is 0.0647. The second-order valence-corrected chi connectivity index (χ2v) is 4.97. The van der Waals surface area contributed by atoms with Crippen molar-refractivity contribution in [3.63, 3.8) is 0 Å². The van der Waals surface area contributed by atoms with Crippen LogP contribution in [0.4, 0.5) is 4.39 Å². The Labute approximate surface area is 90.7 Å². The molecule has 0 heterocycles. The topological polar surface area (TPSA) is 12.0 Å². The fraction of sp³-hybridized carbons (Fsp3) is 0.538. The second kappa shape index (κ2) is 3.60. The van der Waals surface area contributed by atoms with Crippen LogP contribution in [0.1, 0.15) is 31.7 Å². The molecule has 0 amide bonds. The number of hydrogen-bond acceptors (Lipinski definition) is 1. The number of hydrogen-bond donors (Lipinski definition) is 1. The van der Waals surface area contributed by atoms with Gasteiger partial charge in [-0.05, 0) is 36.4 Å². The summed E-state index contributed by atoms with van der Waals surface area (Å²) in [5.41, 5.74) is 1.02. The standard InChI is InChI=1S/C13H18FN/c1-13(2)10(8-12(13)15-3)9-6-4-5-7-11(9)14/h4-7,10,12,15H,8H2,1-3H3. The SMILES string of the molecule is CNC1CC(c2ccccc2F)C1(C)C. The summed E-state index contributed by atoms with van der Waals surface area (Å²) in [6.45, 7) is 4.41. The summed E-state index contributed by atoms with van der Waals surface area (Å²) < 4.78 is 13.6. The molecule has 2 rings (SSSR count). The minimum Gasteiger partial charge on any atom is -0.316 e. The minimum atomic E-state index is -0.0647. The maximum absolute atomic E-state index is 13.6. The van der Waals surface area contributed by atoms with Crippen LogP contribution in [0, 0.1) is 11.2 Å². The van der Waals surface area contributed by atoms with E-state index < -0.39 is 0 Å². The van der Waals surface area contributed by atoms with Gasteiger partial charge in [-0.25, -0.2) is 4.39 Å². The summed E-state index contributed by atoms with van der Waals surface area (Å²) in [6, 6.07) is 7.63. The largest absolute Gasteiger partial charge is 0.316 e. The summed E-state index contributed by atoms with van der Waals surface area (Å²) in [7, 11) is 1.98. The quantitative estimate of drug-likeness (QED) is 0.786. The second-order valence-electron chi connectivity index (χ2n) is 4.97. The molecule has 1 saturated carbocycles. The van der Waals surface area contributed by atoms with Crippen LogP contribution in [-0.2, 0) is 0 Å². The molecule has 1 nitrogen and oxygen atoms in total. The predicted octanol–water partition coefficient (Wildman–Crippen LogP) is 2.93. The highest BCUT2D eigenvalue weighted by Crippen LogP contribution is 2.52. The van der Waals surface area contributed by atoms with Gasteiger partial charge in [0.1, 0.15) is 5.82 Å². The van der Waals surface area contributed by atoms with Crippen LogP contribution in [0.25, 0.3) is 0 Å². The molecule has 2 atom stereocenters. The van der Waals surface area contributed by atoms with Gasteiger partial charge in [-0.2, -0.15) is 0 Å². The summed E-state index contributed by atoms with van der Waals surface area (Å²) in [6.07, 6.45) is 1.03. The first-order valence-electron chi connectivity index (χ1n) is 5.49. The molecule has 1 aromatic carbocycles. The Morgan fingerprint density at radius 2 is 2.00 bits per heavy atom. The number of nitrogens with one attached hydrogen (secondary N) is 1. The van der Waals surface area contributed by atoms with Crippen molar-refractivity contribution in [3.05, 3.63) is 35.6 Å². The third kappa shape index (κ3) is 1.57. The Balaban J connectivity index is 2.25. The van der Waals surface area contributed by atoms with Crippen molar-refractivity contribution in [3.8, 4) is 0 Å². The van der Waals surface area contributed by atoms with Crippen LogP contribution < -0.4 is 5.32 Å². The Morgan fingerprint density at radius 3 is 2.53 bits per heavy atom. The molecule has 1 aromatic rings. The molecule has 1 fully saturated rings. The highest BCUT2D eigenvalue weighted by atomic mass is 19.1. The van der Waals surface area contributed by atoms with Gasteiger partial charge in [0.15, 0.2) is 0 Å². The first-order chi connectivity index (χ1) is 7.07. The van der Waals surface area contributed by atoms with Gasteiger partial charge in [0, 0.05) is 6.04 Å². The van der Waals surface area contributed by atoms with Gasteiger partial charge in [-0.15, -0.1) is 0 Å². The molecule has 2 heteroatoms. The number of rotatable bonds is 2. The molecule has 1 N–H and O–H groups in total. The molecule has 82 valence electrons. The van der Waals surface area contributed by atoms with Gasteiger partial charge < -0.3 is 5.32 Å². The molecule has 1 aliphatic carbocycles. The molecule has 15 heavy (non-hydrogen) atoms. The normalized spacial score (nSPS) is 28.5. The zero-order valence-corrected chi connectivity index (χ0v) is 9.55. The van der Waals surface area contributed by atoms with Gasteiger partial charge in [-0.3, -0.25) is 0 Å². The molecule has 0 aromatic heterocycles. The highest BCUT2D eigenvalue weighted by Gasteiger charge is 2.48. The van der Waals surface area contributed by atoms with E-state index in [1.807, 2.05) is 19.2 Å². The maximum Gasteiger partial charge on any atom is 0.126 e. The fourth-order valence-corrected chi connectivity index (χ4v) is 2.70. The van der Waals surface area contributed by atoms with E-state index in [-0.39, 0.29) is 11.2 Å². The monoisotopic (exact) mass is 207 g/mol. The third-order valence-corrected chi connectivity index (χ3v) is 3.90. The Bertz CT molecular complexity index is 359. The fourth-order valence-electron chi connectivity index (χ4n) is 2.70. The lowest BCUT2D eigenvalue weighted by atomic mass is 9.56. The molecule has 0 aliphatic heterocycles. The van der Waals surface area contributed by atoms with Crippen molar-refractivity contribution in [2.75, 3.05) is 7.05 Å². The summed E-state index contributed by atoms with van der Waals surface area (Å²) in [5.74, 6) is 0.279. The Morgan fingerprint density at radius 1 is 1.33 bits per heavy atom. The highest BCUT2D eigenvalue weighted by molar-refractivity contribution is 5.28. The van der Waals surface area contributed by atoms with Crippen molar-refractivity contribution < 1.29 is 4.39 Å². The first-order valence-corrected chi connectivity index (χ1v) is 5.49. The van der Waals surface area contributed by atoms with Crippen LogP contribution >= 0.6 is 0 Å². The van der Waals surface area contributed by atoms with Crippen molar-refractivity contribution >= 4 is 0 Å². The molecule has 1 aliphatic rings. The molecule has 2 unspecified atom stereocenters. The smallest absolute Gasteiger partial charge is 0.126 e. The van der Waals surface area contributed by atoms with E-state index in [4.69, 9.17) is 0 Å². The lowest BCUT2D eigenvalue weighted by Gasteiger charge is -2.52. The Kier molecular flexibility index (Phi) is 2.55. The van der Waals surface area contributed by atoms with Gasteiger partial charge in [0.05, 0.1) is 0 Å². The van der Waals surface area contributed by atoms with Gasteiger partial charge >= 0.3 is 0 Å². The van der Waals surface area contributed by atoms with Crippen molar-refractivity contribution in [2.24, 2.45) is 5.41 Å². The van der Waals surface area contributed by atoms with Crippen LogP contribution in [0.5, 0.6) is 0 Å². The molecule has 0 saturated heterocycles. The van der Waals surface area contributed by atoms with E-state index in [9.17, 15) is 4.39 Å². The first kappa shape index (κ1) is 10.6. The van der Waals surface area contributed by atoms with Crippen LogP contribution in [0.2, 0.25) is 0 Å². The number of halogens is 1. The van der Waals surface area contributed by atoms with E-state index >= 15 is 0 Å². The summed E-state index contributed by atoms with van der Waals surface area (Å²) in [5, 5.41) is 3.29. The van der Waals surface area contributed by atoms with E-state index in [0.29, 0.717) is 12.0 Å². The molecular weight excluding hydrogens is 189 g/mol. The van der Waals surface area contributed by atoms with Crippen LogP contribution in [0.15, 0.2) is 24.3 Å². The molecule has 0 radical (unpaired) electrons. The maximum atomic E-state index is 13.6. The zero-order chi connectivity index (χ0) is 11.1. The van der Waals surface area contributed by atoms with E-state index in [1.165, 1.54) is 0 Å².